The summed E-state index contributed by atoms with van der Waals surface area (Å²) in [7, 11) is 0. The number of hydrogen-bond acceptors (Lipinski definition) is 2. The molecule has 1 unspecified atom stereocenters. The van der Waals surface area contributed by atoms with Gasteiger partial charge in [-0.05, 0) is 32.0 Å². The summed E-state index contributed by atoms with van der Waals surface area (Å²) in [4.78, 5) is 0. The van der Waals surface area contributed by atoms with Crippen LogP contribution in [0, 0.1) is 12.7 Å². The molecule has 0 heterocycles. The van der Waals surface area contributed by atoms with Crippen LogP contribution in [0.3, 0.4) is 0 Å². The van der Waals surface area contributed by atoms with E-state index in [1.54, 1.807) is 12.1 Å². The van der Waals surface area contributed by atoms with Crippen LogP contribution < -0.4 is 10.5 Å². The SMILES string of the molecule is CCOc1ccc(C)cc1C(N)c1c(F)cccc1Cl. The van der Waals surface area contributed by atoms with Gasteiger partial charge in [-0.25, -0.2) is 4.39 Å². The van der Waals surface area contributed by atoms with E-state index in [1.807, 2.05) is 32.0 Å². The average Bonchev–Trinajstić information content (AvgIpc) is 2.40. The maximum atomic E-state index is 14.0. The van der Waals surface area contributed by atoms with Crippen LogP contribution in [0.2, 0.25) is 5.02 Å². The number of hydrogen-bond donors (Lipinski definition) is 1. The van der Waals surface area contributed by atoms with E-state index in [0.717, 1.165) is 11.1 Å². The lowest BCUT2D eigenvalue weighted by atomic mass is 9.96. The molecular weight excluding hydrogens is 277 g/mol. The van der Waals surface area contributed by atoms with E-state index in [1.165, 1.54) is 6.07 Å². The number of aryl methyl sites for hydroxylation is 1. The summed E-state index contributed by atoms with van der Waals surface area (Å²) >= 11 is 6.08. The van der Waals surface area contributed by atoms with Crippen LogP contribution in [0.25, 0.3) is 0 Å². The van der Waals surface area contributed by atoms with Gasteiger partial charge in [0.2, 0.25) is 0 Å². The predicted octanol–water partition coefficient (Wildman–Crippen LogP) is 4.23. The summed E-state index contributed by atoms with van der Waals surface area (Å²) in [6.45, 7) is 4.37. The maximum absolute atomic E-state index is 14.0. The van der Waals surface area contributed by atoms with Crippen molar-refractivity contribution in [2.24, 2.45) is 5.73 Å². The Morgan fingerprint density at radius 3 is 2.70 bits per heavy atom. The van der Waals surface area contributed by atoms with Gasteiger partial charge in [0.05, 0.1) is 12.6 Å². The molecular formula is C16H17ClFNO. The predicted molar refractivity (Wildman–Crippen MR) is 79.8 cm³/mol. The molecule has 2 aromatic carbocycles. The fraction of sp³-hybridized carbons (Fsp3) is 0.250. The Hall–Kier alpha value is -1.58. The highest BCUT2D eigenvalue weighted by atomic mass is 35.5. The zero-order chi connectivity index (χ0) is 14.7. The minimum Gasteiger partial charge on any atom is -0.494 e. The molecule has 0 fully saturated rings. The molecule has 106 valence electrons. The molecule has 0 aliphatic carbocycles. The molecule has 0 spiro atoms. The minimum atomic E-state index is -0.662. The lowest BCUT2D eigenvalue weighted by Crippen LogP contribution is -2.16. The summed E-state index contributed by atoms with van der Waals surface area (Å²) in [5.74, 6) is 0.249. The molecule has 0 radical (unpaired) electrons. The second kappa shape index (κ2) is 6.25. The molecule has 0 bridgehead atoms. The quantitative estimate of drug-likeness (QED) is 0.915. The third-order valence-corrected chi connectivity index (χ3v) is 3.44. The van der Waals surface area contributed by atoms with Gasteiger partial charge in [0.15, 0.2) is 0 Å². The Labute approximate surface area is 123 Å². The first-order chi connectivity index (χ1) is 9.54. The van der Waals surface area contributed by atoms with Gasteiger partial charge in [0.1, 0.15) is 11.6 Å². The van der Waals surface area contributed by atoms with Gasteiger partial charge in [-0.1, -0.05) is 35.4 Å². The topological polar surface area (TPSA) is 35.2 Å². The van der Waals surface area contributed by atoms with E-state index in [9.17, 15) is 4.39 Å². The Kier molecular flexibility index (Phi) is 4.63. The number of halogens is 2. The van der Waals surface area contributed by atoms with Gasteiger partial charge >= 0.3 is 0 Å². The molecule has 20 heavy (non-hydrogen) atoms. The maximum Gasteiger partial charge on any atom is 0.129 e. The Balaban J connectivity index is 2.52. The number of rotatable bonds is 4. The fourth-order valence-corrected chi connectivity index (χ4v) is 2.44. The molecule has 0 amide bonds. The standard InChI is InChI=1S/C16H17ClFNO/c1-3-20-14-8-7-10(2)9-11(14)16(19)15-12(17)5-4-6-13(15)18/h4-9,16H,3,19H2,1-2H3. The van der Waals surface area contributed by atoms with Crippen molar-refractivity contribution >= 4 is 11.6 Å². The molecule has 0 aliphatic rings. The van der Waals surface area contributed by atoms with Gasteiger partial charge < -0.3 is 10.5 Å². The molecule has 2 N–H and O–H groups in total. The first-order valence-corrected chi connectivity index (χ1v) is 6.85. The molecule has 0 aliphatic heterocycles. The second-order valence-electron chi connectivity index (χ2n) is 4.59. The lowest BCUT2D eigenvalue weighted by molar-refractivity contribution is 0.335. The third-order valence-electron chi connectivity index (χ3n) is 3.11. The summed E-state index contributed by atoms with van der Waals surface area (Å²) in [5.41, 5.74) is 8.27. The average molecular weight is 294 g/mol. The molecule has 2 aromatic rings. The monoisotopic (exact) mass is 293 g/mol. The van der Waals surface area contributed by atoms with Crippen molar-refractivity contribution in [1.29, 1.82) is 0 Å². The largest absolute Gasteiger partial charge is 0.494 e. The minimum absolute atomic E-state index is 0.292. The Morgan fingerprint density at radius 1 is 1.30 bits per heavy atom. The molecule has 0 aromatic heterocycles. The van der Waals surface area contributed by atoms with Crippen LogP contribution in [0.1, 0.15) is 29.7 Å². The van der Waals surface area contributed by atoms with E-state index in [0.29, 0.717) is 22.9 Å². The van der Waals surface area contributed by atoms with E-state index in [4.69, 9.17) is 22.1 Å². The fourth-order valence-electron chi connectivity index (χ4n) is 2.16. The normalized spacial score (nSPS) is 12.2. The van der Waals surface area contributed by atoms with Crippen molar-refractivity contribution in [3.63, 3.8) is 0 Å². The number of benzene rings is 2. The highest BCUT2D eigenvalue weighted by Gasteiger charge is 2.20. The van der Waals surface area contributed by atoms with Crippen molar-refractivity contribution < 1.29 is 9.13 Å². The summed E-state index contributed by atoms with van der Waals surface area (Å²) in [6.07, 6.45) is 0. The van der Waals surface area contributed by atoms with Crippen molar-refractivity contribution in [3.05, 3.63) is 63.9 Å². The Morgan fingerprint density at radius 2 is 2.05 bits per heavy atom. The van der Waals surface area contributed by atoms with Crippen LogP contribution in [0.4, 0.5) is 4.39 Å². The highest BCUT2D eigenvalue weighted by Crippen LogP contribution is 2.34. The zero-order valence-electron chi connectivity index (χ0n) is 11.5. The van der Waals surface area contributed by atoms with E-state index in [-0.39, 0.29) is 0 Å². The van der Waals surface area contributed by atoms with Crippen LogP contribution in [-0.4, -0.2) is 6.61 Å². The summed E-state index contributed by atoms with van der Waals surface area (Å²) < 4.78 is 19.6. The van der Waals surface area contributed by atoms with Gasteiger partial charge in [0.25, 0.3) is 0 Å². The van der Waals surface area contributed by atoms with Crippen LogP contribution in [-0.2, 0) is 0 Å². The summed E-state index contributed by atoms with van der Waals surface area (Å²) in [5, 5.41) is 0.321. The zero-order valence-corrected chi connectivity index (χ0v) is 12.2. The molecule has 2 nitrogen and oxygen atoms in total. The van der Waals surface area contributed by atoms with Gasteiger partial charge in [-0.2, -0.15) is 0 Å². The molecule has 0 saturated heterocycles. The van der Waals surface area contributed by atoms with Crippen molar-refractivity contribution in [3.8, 4) is 5.75 Å². The molecule has 4 heteroatoms. The van der Waals surface area contributed by atoms with Crippen LogP contribution in [0.5, 0.6) is 5.75 Å². The van der Waals surface area contributed by atoms with Gasteiger partial charge in [0, 0.05) is 16.1 Å². The summed E-state index contributed by atoms with van der Waals surface area (Å²) in [6, 6.07) is 9.58. The molecule has 2 rings (SSSR count). The third kappa shape index (κ3) is 2.94. The van der Waals surface area contributed by atoms with E-state index in [2.05, 4.69) is 0 Å². The van der Waals surface area contributed by atoms with Crippen LogP contribution >= 0.6 is 11.6 Å². The van der Waals surface area contributed by atoms with E-state index < -0.39 is 11.9 Å². The smallest absolute Gasteiger partial charge is 0.129 e. The van der Waals surface area contributed by atoms with Crippen molar-refractivity contribution in [2.45, 2.75) is 19.9 Å². The highest BCUT2D eigenvalue weighted by molar-refractivity contribution is 6.31. The van der Waals surface area contributed by atoms with Gasteiger partial charge in [-0.3, -0.25) is 0 Å². The first-order valence-electron chi connectivity index (χ1n) is 6.47. The molecule has 1 atom stereocenters. The van der Waals surface area contributed by atoms with Crippen molar-refractivity contribution in [1.82, 2.24) is 0 Å². The van der Waals surface area contributed by atoms with Crippen molar-refractivity contribution in [2.75, 3.05) is 6.61 Å². The van der Waals surface area contributed by atoms with Crippen LogP contribution in [0.15, 0.2) is 36.4 Å². The Bertz CT molecular complexity index is 595. The lowest BCUT2D eigenvalue weighted by Gasteiger charge is -2.19. The number of ether oxygens (including phenoxy) is 1. The molecule has 0 saturated carbocycles. The number of nitrogens with two attached hydrogens (primary N) is 1. The van der Waals surface area contributed by atoms with E-state index >= 15 is 0 Å². The first kappa shape index (κ1) is 14.8. The van der Waals surface area contributed by atoms with Gasteiger partial charge in [-0.15, -0.1) is 0 Å². The second-order valence-corrected chi connectivity index (χ2v) is 4.99.